The Labute approximate surface area is 88.7 Å². The monoisotopic (exact) mass is 235 g/mol. The van der Waals surface area contributed by atoms with Crippen LogP contribution in [0.15, 0.2) is 12.3 Å². The number of rotatable bonds is 0. The first-order valence-corrected chi connectivity index (χ1v) is 4.15. The first kappa shape index (κ1) is 11.8. The summed E-state index contributed by atoms with van der Waals surface area (Å²) in [5, 5.41) is 7.76. The molecule has 0 spiro atoms. The average Bonchev–Trinajstić information content (AvgIpc) is 2.15. The molecule has 0 aliphatic heterocycles. The number of pyridine rings is 1. The van der Waals surface area contributed by atoms with Crippen molar-refractivity contribution in [1.82, 2.24) is 4.98 Å². The van der Waals surface area contributed by atoms with Gasteiger partial charge < -0.3 is 5.11 Å². The molecule has 0 aromatic carbocycles. The molecule has 1 aromatic rings. The number of alkyl halides is 3. The molecule has 0 saturated heterocycles. The first-order valence-electron chi connectivity index (χ1n) is 3.77. The first-order chi connectivity index (χ1) is 6.95. The Balaban J connectivity index is 3.17. The highest BCUT2D eigenvalue weighted by Gasteiger charge is 2.34. The van der Waals surface area contributed by atoms with Crippen molar-refractivity contribution in [2.75, 3.05) is 6.61 Å². The van der Waals surface area contributed by atoms with Crippen molar-refractivity contribution < 1.29 is 18.3 Å². The molecule has 0 aliphatic rings. The number of hydrogen-bond donors (Lipinski definition) is 1. The van der Waals surface area contributed by atoms with Crippen molar-refractivity contribution in [3.05, 3.63) is 28.5 Å². The molecule has 0 unspecified atom stereocenters. The van der Waals surface area contributed by atoms with Crippen LogP contribution in [0.4, 0.5) is 13.2 Å². The Kier molecular flexibility index (Phi) is 3.56. The number of aromatic nitrogens is 1. The third kappa shape index (κ3) is 3.11. The van der Waals surface area contributed by atoms with Gasteiger partial charge in [-0.05, 0) is 6.07 Å². The molecule has 1 rings (SSSR count). The molecular weight excluding hydrogens is 231 g/mol. The fourth-order valence-corrected chi connectivity index (χ4v) is 1.07. The topological polar surface area (TPSA) is 33.1 Å². The molecule has 0 fully saturated rings. The Morgan fingerprint density at radius 1 is 1.47 bits per heavy atom. The molecule has 0 aliphatic carbocycles. The lowest BCUT2D eigenvalue weighted by Crippen LogP contribution is -2.07. The second-order valence-corrected chi connectivity index (χ2v) is 2.88. The maximum Gasteiger partial charge on any atom is 0.419 e. The van der Waals surface area contributed by atoms with Crippen LogP contribution >= 0.6 is 11.6 Å². The van der Waals surface area contributed by atoms with E-state index in [4.69, 9.17) is 16.7 Å². The van der Waals surface area contributed by atoms with Gasteiger partial charge in [0, 0.05) is 11.8 Å². The van der Waals surface area contributed by atoms with Gasteiger partial charge in [-0.25, -0.2) is 4.98 Å². The lowest BCUT2D eigenvalue weighted by Gasteiger charge is -2.07. The molecule has 0 bridgehead atoms. The van der Waals surface area contributed by atoms with E-state index in [1.165, 1.54) is 0 Å². The summed E-state index contributed by atoms with van der Waals surface area (Å²) < 4.78 is 37.0. The maximum absolute atomic E-state index is 12.3. The maximum atomic E-state index is 12.3. The van der Waals surface area contributed by atoms with Crippen LogP contribution in [0.1, 0.15) is 11.1 Å². The minimum absolute atomic E-state index is 0.0563. The number of aliphatic hydroxyl groups excluding tert-OH is 1. The fraction of sp³-hybridized carbons (Fsp3) is 0.222. The predicted molar refractivity (Wildman–Crippen MR) is 48.2 cm³/mol. The van der Waals surface area contributed by atoms with E-state index in [1.807, 2.05) is 0 Å². The minimum atomic E-state index is -4.55. The summed E-state index contributed by atoms with van der Waals surface area (Å²) in [4.78, 5) is 3.36. The summed E-state index contributed by atoms with van der Waals surface area (Å²) >= 11 is 5.29. The van der Waals surface area contributed by atoms with E-state index in [1.54, 1.807) is 0 Å². The largest absolute Gasteiger partial charge is 0.419 e. The third-order valence-corrected chi connectivity index (χ3v) is 1.76. The second-order valence-electron chi connectivity index (χ2n) is 2.52. The van der Waals surface area contributed by atoms with Crippen LogP contribution in [0.3, 0.4) is 0 Å². The van der Waals surface area contributed by atoms with Crippen molar-refractivity contribution >= 4 is 11.6 Å². The number of hydrogen-bond acceptors (Lipinski definition) is 2. The lowest BCUT2D eigenvalue weighted by molar-refractivity contribution is -0.137. The highest BCUT2D eigenvalue weighted by molar-refractivity contribution is 6.30. The standard InChI is InChI=1S/C9H5ClF3NO/c10-8-7(9(11,12)13)4-6(5-14-8)2-1-3-15/h4-5,15H,3H2. The van der Waals surface area contributed by atoms with Crippen LogP contribution in [0.5, 0.6) is 0 Å². The van der Waals surface area contributed by atoms with E-state index in [2.05, 4.69) is 16.8 Å². The van der Waals surface area contributed by atoms with Crippen LogP contribution < -0.4 is 0 Å². The van der Waals surface area contributed by atoms with Crippen LogP contribution in [0.2, 0.25) is 5.15 Å². The molecule has 1 aromatic heterocycles. The van der Waals surface area contributed by atoms with E-state index in [9.17, 15) is 13.2 Å². The van der Waals surface area contributed by atoms with Crippen LogP contribution in [0.25, 0.3) is 0 Å². The van der Waals surface area contributed by atoms with E-state index in [0.29, 0.717) is 0 Å². The smallest absolute Gasteiger partial charge is 0.384 e. The van der Waals surface area contributed by atoms with E-state index in [0.717, 1.165) is 12.3 Å². The summed E-state index contributed by atoms with van der Waals surface area (Å²) in [5.41, 5.74) is -0.977. The van der Waals surface area contributed by atoms with Gasteiger partial charge in [-0.1, -0.05) is 23.4 Å². The van der Waals surface area contributed by atoms with Gasteiger partial charge in [0.05, 0.1) is 5.56 Å². The van der Waals surface area contributed by atoms with Crippen molar-refractivity contribution in [3.8, 4) is 11.8 Å². The molecule has 1 N–H and O–H groups in total. The van der Waals surface area contributed by atoms with Crippen molar-refractivity contribution in [3.63, 3.8) is 0 Å². The highest BCUT2D eigenvalue weighted by atomic mass is 35.5. The summed E-state index contributed by atoms with van der Waals surface area (Å²) in [6, 6.07) is 0.790. The number of halogens is 4. The summed E-state index contributed by atoms with van der Waals surface area (Å²) in [6.45, 7) is -0.427. The van der Waals surface area contributed by atoms with Crippen LogP contribution in [0, 0.1) is 11.8 Å². The molecule has 15 heavy (non-hydrogen) atoms. The van der Waals surface area contributed by atoms with Gasteiger partial charge in [-0.3, -0.25) is 0 Å². The Bertz CT molecular complexity index is 420. The number of aliphatic hydroxyl groups is 1. The summed E-state index contributed by atoms with van der Waals surface area (Å²) in [7, 11) is 0. The quantitative estimate of drug-likeness (QED) is 0.552. The van der Waals surface area contributed by atoms with Gasteiger partial charge in [0.25, 0.3) is 0 Å². The van der Waals surface area contributed by atoms with Gasteiger partial charge in [0.1, 0.15) is 11.8 Å². The fourth-order valence-electron chi connectivity index (χ4n) is 0.857. The minimum Gasteiger partial charge on any atom is -0.384 e. The zero-order chi connectivity index (χ0) is 11.5. The highest BCUT2D eigenvalue weighted by Crippen LogP contribution is 2.33. The zero-order valence-electron chi connectivity index (χ0n) is 7.27. The number of nitrogens with zero attached hydrogens (tertiary/aromatic N) is 1. The molecule has 1 heterocycles. The van der Waals surface area contributed by atoms with Crippen LogP contribution in [-0.2, 0) is 6.18 Å². The normalized spacial score (nSPS) is 10.7. The molecule has 6 heteroatoms. The molecule has 0 atom stereocenters. The van der Waals surface area contributed by atoms with Crippen molar-refractivity contribution in [1.29, 1.82) is 0 Å². The summed E-state index contributed by atoms with van der Waals surface area (Å²) in [5.74, 6) is 4.53. The zero-order valence-corrected chi connectivity index (χ0v) is 8.02. The molecular formula is C9H5ClF3NO. The van der Waals surface area contributed by atoms with Gasteiger partial charge in [0.15, 0.2) is 0 Å². The average molecular weight is 236 g/mol. The van der Waals surface area contributed by atoms with Gasteiger partial charge in [-0.15, -0.1) is 0 Å². The van der Waals surface area contributed by atoms with Gasteiger partial charge in [0.2, 0.25) is 0 Å². The van der Waals surface area contributed by atoms with Gasteiger partial charge in [-0.2, -0.15) is 13.2 Å². The summed E-state index contributed by atoms with van der Waals surface area (Å²) in [6.07, 6.45) is -3.44. The SMILES string of the molecule is OCC#Cc1cnc(Cl)c(C(F)(F)F)c1. The van der Waals surface area contributed by atoms with Crippen molar-refractivity contribution in [2.24, 2.45) is 0 Å². The van der Waals surface area contributed by atoms with Crippen molar-refractivity contribution in [2.45, 2.75) is 6.18 Å². The third-order valence-electron chi connectivity index (χ3n) is 1.46. The predicted octanol–water partition coefficient (Wildman–Crippen LogP) is 2.10. The Morgan fingerprint density at radius 3 is 2.67 bits per heavy atom. The van der Waals surface area contributed by atoms with Gasteiger partial charge >= 0.3 is 6.18 Å². The molecule has 0 radical (unpaired) electrons. The van der Waals surface area contributed by atoms with E-state index >= 15 is 0 Å². The van der Waals surface area contributed by atoms with Crippen LogP contribution in [-0.4, -0.2) is 16.7 Å². The molecule has 80 valence electrons. The Morgan fingerprint density at radius 2 is 2.13 bits per heavy atom. The van der Waals surface area contributed by atoms with E-state index in [-0.39, 0.29) is 5.56 Å². The Hall–Kier alpha value is -1.25. The second kappa shape index (κ2) is 4.51. The molecule has 0 saturated carbocycles. The lowest BCUT2D eigenvalue weighted by atomic mass is 10.2. The van der Waals surface area contributed by atoms with E-state index < -0.39 is 23.5 Å². The molecule has 2 nitrogen and oxygen atoms in total. The molecule has 0 amide bonds.